The maximum absolute atomic E-state index is 12.0. The number of hydrogen-bond donors (Lipinski definition) is 2. The predicted octanol–water partition coefficient (Wildman–Crippen LogP) is 2.35. The van der Waals surface area contributed by atoms with Gasteiger partial charge in [-0.05, 0) is 63.2 Å². The quantitative estimate of drug-likeness (QED) is 0.865. The molecular weight excluding hydrogens is 248 g/mol. The molecule has 1 aliphatic heterocycles. The summed E-state index contributed by atoms with van der Waals surface area (Å²) in [5, 5.41) is 6.47. The Morgan fingerprint density at radius 1 is 1.40 bits per heavy atom. The Morgan fingerprint density at radius 2 is 2.25 bits per heavy atom. The number of aryl methyl sites for hydroxylation is 2. The fourth-order valence-electron chi connectivity index (χ4n) is 2.81. The first-order chi connectivity index (χ1) is 9.65. The van der Waals surface area contributed by atoms with Crippen LogP contribution in [0.25, 0.3) is 0 Å². The number of amides is 1. The SMILES string of the molecule is Cc1ccc(C)c(CC(=O)NCCC2CCCNC2)c1. The second kappa shape index (κ2) is 7.44. The lowest BCUT2D eigenvalue weighted by Crippen LogP contribution is -2.33. The fraction of sp³-hybridized carbons (Fsp3) is 0.588. The lowest BCUT2D eigenvalue weighted by atomic mass is 9.96. The molecule has 0 bridgehead atoms. The van der Waals surface area contributed by atoms with E-state index in [9.17, 15) is 4.79 Å². The number of hydrogen-bond acceptors (Lipinski definition) is 2. The summed E-state index contributed by atoms with van der Waals surface area (Å²) >= 11 is 0. The molecule has 1 saturated heterocycles. The molecule has 0 aliphatic carbocycles. The van der Waals surface area contributed by atoms with Gasteiger partial charge < -0.3 is 10.6 Å². The first-order valence-corrected chi connectivity index (χ1v) is 7.68. The second-order valence-corrected chi connectivity index (χ2v) is 5.96. The zero-order valence-corrected chi connectivity index (χ0v) is 12.7. The molecule has 1 heterocycles. The molecular formula is C17H26N2O. The molecule has 20 heavy (non-hydrogen) atoms. The van der Waals surface area contributed by atoms with E-state index in [1.807, 2.05) is 0 Å². The number of carbonyl (C=O) groups is 1. The third-order valence-corrected chi connectivity index (χ3v) is 4.13. The van der Waals surface area contributed by atoms with Crippen molar-refractivity contribution in [2.24, 2.45) is 5.92 Å². The number of rotatable bonds is 5. The Morgan fingerprint density at radius 3 is 3.00 bits per heavy atom. The molecule has 3 heteroatoms. The zero-order valence-electron chi connectivity index (χ0n) is 12.7. The van der Waals surface area contributed by atoms with Crippen molar-refractivity contribution < 1.29 is 4.79 Å². The molecule has 0 radical (unpaired) electrons. The van der Waals surface area contributed by atoms with E-state index in [0.29, 0.717) is 6.42 Å². The van der Waals surface area contributed by atoms with Gasteiger partial charge in [0.25, 0.3) is 0 Å². The van der Waals surface area contributed by atoms with Gasteiger partial charge in [0.2, 0.25) is 5.91 Å². The topological polar surface area (TPSA) is 41.1 Å². The van der Waals surface area contributed by atoms with Gasteiger partial charge in [0.15, 0.2) is 0 Å². The van der Waals surface area contributed by atoms with Gasteiger partial charge in [-0.25, -0.2) is 0 Å². The Labute approximate surface area is 122 Å². The highest BCUT2D eigenvalue weighted by Gasteiger charge is 2.13. The van der Waals surface area contributed by atoms with Crippen molar-refractivity contribution in [2.45, 2.75) is 39.5 Å². The highest BCUT2D eigenvalue weighted by Crippen LogP contribution is 2.13. The summed E-state index contributed by atoms with van der Waals surface area (Å²) in [5.74, 6) is 0.868. The number of benzene rings is 1. The van der Waals surface area contributed by atoms with Crippen molar-refractivity contribution >= 4 is 5.91 Å². The minimum atomic E-state index is 0.141. The van der Waals surface area contributed by atoms with Crippen LogP contribution in [-0.4, -0.2) is 25.5 Å². The molecule has 1 amide bonds. The van der Waals surface area contributed by atoms with Crippen LogP contribution in [0.2, 0.25) is 0 Å². The highest BCUT2D eigenvalue weighted by atomic mass is 16.1. The van der Waals surface area contributed by atoms with E-state index in [2.05, 4.69) is 42.7 Å². The molecule has 1 atom stereocenters. The number of nitrogens with one attached hydrogen (secondary N) is 2. The van der Waals surface area contributed by atoms with Gasteiger partial charge in [-0.15, -0.1) is 0 Å². The average molecular weight is 274 g/mol. The van der Waals surface area contributed by atoms with Crippen LogP contribution < -0.4 is 10.6 Å². The van der Waals surface area contributed by atoms with Gasteiger partial charge in [-0.3, -0.25) is 4.79 Å². The van der Waals surface area contributed by atoms with Gasteiger partial charge in [0, 0.05) is 6.54 Å². The maximum Gasteiger partial charge on any atom is 0.224 e. The first kappa shape index (κ1) is 15.0. The Bertz CT molecular complexity index is 450. The molecule has 0 spiro atoms. The minimum Gasteiger partial charge on any atom is -0.356 e. The maximum atomic E-state index is 12.0. The van der Waals surface area contributed by atoms with Crippen LogP contribution in [0.5, 0.6) is 0 Å². The van der Waals surface area contributed by atoms with Crippen LogP contribution in [0.15, 0.2) is 18.2 Å². The van der Waals surface area contributed by atoms with Crippen molar-refractivity contribution in [1.82, 2.24) is 10.6 Å². The van der Waals surface area contributed by atoms with Crippen molar-refractivity contribution in [3.63, 3.8) is 0 Å². The van der Waals surface area contributed by atoms with Gasteiger partial charge >= 0.3 is 0 Å². The lowest BCUT2D eigenvalue weighted by Gasteiger charge is -2.22. The van der Waals surface area contributed by atoms with E-state index in [4.69, 9.17) is 0 Å². The van der Waals surface area contributed by atoms with Gasteiger partial charge in [-0.1, -0.05) is 23.8 Å². The van der Waals surface area contributed by atoms with E-state index in [1.165, 1.54) is 24.0 Å². The second-order valence-electron chi connectivity index (χ2n) is 5.96. The normalized spacial score (nSPS) is 18.8. The third-order valence-electron chi connectivity index (χ3n) is 4.13. The predicted molar refractivity (Wildman–Crippen MR) is 82.8 cm³/mol. The summed E-state index contributed by atoms with van der Waals surface area (Å²) in [6.45, 7) is 7.19. The molecule has 1 aromatic rings. The zero-order chi connectivity index (χ0) is 14.4. The monoisotopic (exact) mass is 274 g/mol. The highest BCUT2D eigenvalue weighted by molar-refractivity contribution is 5.78. The molecule has 3 nitrogen and oxygen atoms in total. The van der Waals surface area contributed by atoms with E-state index in [-0.39, 0.29) is 5.91 Å². The molecule has 1 unspecified atom stereocenters. The van der Waals surface area contributed by atoms with Crippen molar-refractivity contribution in [1.29, 1.82) is 0 Å². The minimum absolute atomic E-state index is 0.141. The summed E-state index contributed by atoms with van der Waals surface area (Å²) in [7, 11) is 0. The van der Waals surface area contributed by atoms with Crippen molar-refractivity contribution in [3.05, 3.63) is 34.9 Å². The standard InChI is InChI=1S/C17H26N2O/c1-13-5-6-14(2)16(10-13)11-17(20)19-9-7-15-4-3-8-18-12-15/h5-6,10,15,18H,3-4,7-9,11-12H2,1-2H3,(H,19,20). The van der Waals surface area contributed by atoms with Crippen molar-refractivity contribution in [2.75, 3.05) is 19.6 Å². The van der Waals surface area contributed by atoms with E-state index >= 15 is 0 Å². The third kappa shape index (κ3) is 4.64. The summed E-state index contributed by atoms with van der Waals surface area (Å²) in [5.41, 5.74) is 3.55. The molecule has 1 aliphatic rings. The Kier molecular flexibility index (Phi) is 5.60. The van der Waals surface area contributed by atoms with E-state index in [0.717, 1.165) is 37.5 Å². The molecule has 1 fully saturated rings. The van der Waals surface area contributed by atoms with Gasteiger partial charge in [-0.2, -0.15) is 0 Å². The summed E-state index contributed by atoms with van der Waals surface area (Å²) < 4.78 is 0. The van der Waals surface area contributed by atoms with Crippen LogP contribution in [0.3, 0.4) is 0 Å². The summed E-state index contributed by atoms with van der Waals surface area (Å²) in [4.78, 5) is 12.0. The number of piperidine rings is 1. The molecule has 2 N–H and O–H groups in total. The van der Waals surface area contributed by atoms with Crippen LogP contribution in [0.4, 0.5) is 0 Å². The average Bonchev–Trinajstić information content (AvgIpc) is 2.44. The van der Waals surface area contributed by atoms with E-state index in [1.54, 1.807) is 0 Å². The fourth-order valence-corrected chi connectivity index (χ4v) is 2.81. The lowest BCUT2D eigenvalue weighted by molar-refractivity contribution is -0.120. The first-order valence-electron chi connectivity index (χ1n) is 7.68. The van der Waals surface area contributed by atoms with Crippen LogP contribution in [0, 0.1) is 19.8 Å². The Hall–Kier alpha value is -1.35. The molecule has 1 aromatic carbocycles. The summed E-state index contributed by atoms with van der Waals surface area (Å²) in [6.07, 6.45) is 4.14. The molecule has 0 aromatic heterocycles. The molecule has 0 saturated carbocycles. The van der Waals surface area contributed by atoms with Crippen molar-refractivity contribution in [3.8, 4) is 0 Å². The van der Waals surface area contributed by atoms with Gasteiger partial charge in [0.05, 0.1) is 6.42 Å². The number of carbonyl (C=O) groups excluding carboxylic acids is 1. The summed E-state index contributed by atoms with van der Waals surface area (Å²) in [6, 6.07) is 6.29. The smallest absolute Gasteiger partial charge is 0.224 e. The van der Waals surface area contributed by atoms with E-state index < -0.39 is 0 Å². The van der Waals surface area contributed by atoms with Crippen LogP contribution in [0.1, 0.15) is 36.0 Å². The van der Waals surface area contributed by atoms with Crippen LogP contribution in [-0.2, 0) is 11.2 Å². The molecule has 110 valence electrons. The Balaban J connectivity index is 1.73. The van der Waals surface area contributed by atoms with Gasteiger partial charge in [0.1, 0.15) is 0 Å². The molecule has 2 rings (SSSR count). The largest absolute Gasteiger partial charge is 0.356 e. The van der Waals surface area contributed by atoms with Crippen LogP contribution >= 0.6 is 0 Å².